The number of imidazole rings is 1. The Kier molecular flexibility index (Phi) is 8.37. The molecule has 0 aliphatic heterocycles. The highest BCUT2D eigenvalue weighted by Crippen LogP contribution is 2.35. The lowest BCUT2D eigenvalue weighted by molar-refractivity contribution is 0.892. The first-order valence-electron chi connectivity index (χ1n) is 20.0. The summed E-state index contributed by atoms with van der Waals surface area (Å²) < 4.78 is 6.70. The molecule has 0 spiro atoms. The molecule has 7 heteroatoms. The van der Waals surface area contributed by atoms with Crippen molar-refractivity contribution in [2.75, 3.05) is 0 Å². The van der Waals surface area contributed by atoms with Gasteiger partial charge in [0.25, 0.3) is 6.71 Å². The average Bonchev–Trinajstić information content (AvgIpc) is 3.97. The van der Waals surface area contributed by atoms with E-state index in [4.69, 9.17) is 15.1 Å². The van der Waals surface area contributed by atoms with Gasteiger partial charge in [0.1, 0.15) is 5.82 Å². The summed E-state index contributed by atoms with van der Waals surface area (Å²) in [6.07, 6.45) is 1.90. The molecule has 0 unspecified atom stereocenters. The van der Waals surface area contributed by atoms with Crippen molar-refractivity contribution in [2.45, 2.75) is 0 Å². The van der Waals surface area contributed by atoms with E-state index < -0.39 is 0 Å². The molecule has 4 aromatic heterocycles. The largest absolute Gasteiger partial charge is 0.327 e. The topological polar surface area (TPSA) is 53.5 Å². The predicted octanol–water partition coefficient (Wildman–Crippen LogP) is 9.77. The molecule has 0 amide bonds. The van der Waals surface area contributed by atoms with Gasteiger partial charge in [-0.1, -0.05) is 145 Å². The third kappa shape index (κ3) is 5.86. The Labute approximate surface area is 342 Å². The molecule has 0 radical (unpaired) electrons. The summed E-state index contributed by atoms with van der Waals surface area (Å²) in [5.41, 5.74) is 14.7. The number of rotatable bonds is 8. The lowest BCUT2D eigenvalue weighted by Crippen LogP contribution is -2.54. The minimum absolute atomic E-state index is 0.275. The van der Waals surface area contributed by atoms with Gasteiger partial charge in [-0.2, -0.15) is 5.10 Å². The molecule has 0 saturated carbocycles. The summed E-state index contributed by atoms with van der Waals surface area (Å²) in [6.45, 7) is -0.275. The maximum absolute atomic E-state index is 5.49. The van der Waals surface area contributed by atoms with Crippen molar-refractivity contribution in [3.8, 4) is 45.3 Å². The number of aryl methyl sites for hydroxylation is 1. The van der Waals surface area contributed by atoms with E-state index in [2.05, 4.69) is 203 Å². The van der Waals surface area contributed by atoms with Crippen LogP contribution in [0.15, 0.2) is 206 Å². The van der Waals surface area contributed by atoms with Crippen LogP contribution in [0.25, 0.3) is 78.1 Å². The summed E-state index contributed by atoms with van der Waals surface area (Å²) in [7, 11) is 2.10. The van der Waals surface area contributed by atoms with E-state index in [-0.39, 0.29) is 6.71 Å². The third-order valence-electron chi connectivity index (χ3n) is 11.5. The lowest BCUT2D eigenvalue weighted by Gasteiger charge is -2.19. The van der Waals surface area contributed by atoms with Crippen molar-refractivity contribution in [1.82, 2.24) is 28.9 Å². The number of benzene rings is 7. The minimum Gasteiger partial charge on any atom is -0.327 e. The van der Waals surface area contributed by atoms with E-state index in [0.717, 1.165) is 83.9 Å². The molecule has 6 nitrogen and oxygen atoms in total. The first kappa shape index (κ1) is 34.5. The SMILES string of the molecule is Cn1c(-c2ccc3c4ccccc4n(-c4cccc(B(c5ccccn5)c5c(-c6ccccc6)nn(-c6ccccc6)c5-c5ccccc5)c4)c3c2)nc2ccccc21. The number of nitrogens with zero attached hydrogens (tertiary/aromatic N) is 6. The van der Waals surface area contributed by atoms with Gasteiger partial charge in [0, 0.05) is 46.4 Å². The molecule has 0 aliphatic rings. The molecule has 59 heavy (non-hydrogen) atoms. The van der Waals surface area contributed by atoms with Crippen LogP contribution in [0.1, 0.15) is 0 Å². The number of pyridine rings is 1. The molecule has 0 N–H and O–H groups in total. The number of hydrogen-bond donors (Lipinski definition) is 0. The highest BCUT2D eigenvalue weighted by Gasteiger charge is 2.34. The highest BCUT2D eigenvalue weighted by molar-refractivity contribution is 6.96. The van der Waals surface area contributed by atoms with Crippen molar-refractivity contribution in [2.24, 2.45) is 7.05 Å². The molecule has 7 aromatic carbocycles. The zero-order chi connectivity index (χ0) is 39.3. The van der Waals surface area contributed by atoms with Gasteiger partial charge >= 0.3 is 0 Å². The quantitative estimate of drug-likeness (QED) is 0.145. The zero-order valence-electron chi connectivity index (χ0n) is 32.4. The Balaban J connectivity index is 1.18. The molecular formula is C52H37BN6. The molecule has 0 saturated heterocycles. The van der Waals surface area contributed by atoms with Gasteiger partial charge in [-0.3, -0.25) is 4.98 Å². The van der Waals surface area contributed by atoms with Gasteiger partial charge in [-0.15, -0.1) is 0 Å². The van der Waals surface area contributed by atoms with E-state index in [0.29, 0.717) is 0 Å². The molecule has 4 heterocycles. The summed E-state index contributed by atoms with van der Waals surface area (Å²) in [4.78, 5) is 10.2. The molecule has 0 fully saturated rings. The number of para-hydroxylation sites is 4. The second kappa shape index (κ2) is 14.3. The van der Waals surface area contributed by atoms with Crippen LogP contribution in [0.4, 0.5) is 0 Å². The van der Waals surface area contributed by atoms with Gasteiger partial charge < -0.3 is 9.13 Å². The molecular weight excluding hydrogens is 719 g/mol. The zero-order valence-corrected chi connectivity index (χ0v) is 32.4. The first-order chi connectivity index (χ1) is 29.2. The van der Waals surface area contributed by atoms with Crippen LogP contribution in [0.5, 0.6) is 0 Å². The number of aromatic nitrogens is 6. The van der Waals surface area contributed by atoms with E-state index >= 15 is 0 Å². The normalized spacial score (nSPS) is 11.5. The van der Waals surface area contributed by atoms with Gasteiger partial charge in [0.15, 0.2) is 0 Å². The Hall–Kier alpha value is -7.77. The predicted molar refractivity (Wildman–Crippen MR) is 244 cm³/mol. The first-order valence-corrected chi connectivity index (χ1v) is 20.0. The Morgan fingerprint density at radius 1 is 0.492 bits per heavy atom. The van der Waals surface area contributed by atoms with Crippen LogP contribution in [0, 0.1) is 0 Å². The van der Waals surface area contributed by atoms with Crippen molar-refractivity contribution >= 4 is 56.1 Å². The van der Waals surface area contributed by atoms with Crippen LogP contribution in [0.3, 0.4) is 0 Å². The third-order valence-corrected chi connectivity index (χ3v) is 11.5. The van der Waals surface area contributed by atoms with E-state index in [1.807, 2.05) is 24.4 Å². The molecule has 0 aliphatic carbocycles. The van der Waals surface area contributed by atoms with Crippen LogP contribution < -0.4 is 16.5 Å². The molecule has 0 atom stereocenters. The Morgan fingerprint density at radius 2 is 1.15 bits per heavy atom. The Bertz CT molecular complexity index is 3280. The second-order valence-electron chi connectivity index (χ2n) is 14.9. The van der Waals surface area contributed by atoms with Crippen LogP contribution in [-0.2, 0) is 7.05 Å². The number of hydrogen-bond acceptors (Lipinski definition) is 3. The fourth-order valence-corrected chi connectivity index (χ4v) is 8.81. The highest BCUT2D eigenvalue weighted by atomic mass is 15.3. The number of fused-ring (bicyclic) bond motifs is 4. The second-order valence-corrected chi connectivity index (χ2v) is 14.9. The molecule has 0 bridgehead atoms. The standard InChI is InChI=1S/C52H37BN6/c1-57-46-29-14-12-27-44(46)55-52(57)38-31-32-43-42-26-11-13-28-45(42)58(47(43)34-38)41-25-17-22-39(35-41)53(48-30-15-16-33-54-48)49-50(36-18-5-2-6-19-36)56-59(40-23-9-4-10-24-40)51(49)37-20-7-3-8-21-37/h2-35H,1H3. The lowest BCUT2D eigenvalue weighted by atomic mass is 9.37. The van der Waals surface area contributed by atoms with Gasteiger partial charge in [-0.05, 0) is 71.7 Å². The molecule has 278 valence electrons. The Morgan fingerprint density at radius 3 is 1.92 bits per heavy atom. The molecule has 11 aromatic rings. The van der Waals surface area contributed by atoms with Crippen LogP contribution >= 0.6 is 0 Å². The fraction of sp³-hybridized carbons (Fsp3) is 0.0192. The van der Waals surface area contributed by atoms with Crippen molar-refractivity contribution < 1.29 is 0 Å². The van der Waals surface area contributed by atoms with Crippen molar-refractivity contribution in [3.63, 3.8) is 0 Å². The minimum atomic E-state index is -0.275. The van der Waals surface area contributed by atoms with Gasteiger partial charge in [0.2, 0.25) is 0 Å². The van der Waals surface area contributed by atoms with E-state index in [1.165, 1.54) is 10.8 Å². The van der Waals surface area contributed by atoms with Crippen molar-refractivity contribution in [1.29, 1.82) is 0 Å². The fourth-order valence-electron chi connectivity index (χ4n) is 8.81. The summed E-state index contributed by atoms with van der Waals surface area (Å²) in [6, 6.07) is 70.6. The summed E-state index contributed by atoms with van der Waals surface area (Å²) >= 11 is 0. The van der Waals surface area contributed by atoms with E-state index in [9.17, 15) is 0 Å². The monoisotopic (exact) mass is 756 g/mol. The molecule has 11 rings (SSSR count). The summed E-state index contributed by atoms with van der Waals surface area (Å²) in [5, 5.41) is 7.88. The summed E-state index contributed by atoms with van der Waals surface area (Å²) in [5.74, 6) is 0.936. The smallest absolute Gasteiger partial charge is 0.270 e. The maximum Gasteiger partial charge on any atom is 0.270 e. The van der Waals surface area contributed by atoms with Crippen molar-refractivity contribution in [3.05, 3.63) is 206 Å². The van der Waals surface area contributed by atoms with Crippen LogP contribution in [-0.4, -0.2) is 35.6 Å². The van der Waals surface area contributed by atoms with Gasteiger partial charge in [0.05, 0.1) is 39.1 Å². The maximum atomic E-state index is 5.49. The van der Waals surface area contributed by atoms with Gasteiger partial charge in [-0.25, -0.2) is 9.67 Å². The van der Waals surface area contributed by atoms with E-state index in [1.54, 1.807) is 0 Å². The van der Waals surface area contributed by atoms with Crippen LogP contribution in [0.2, 0.25) is 0 Å². The average molecular weight is 757 g/mol.